The molecule has 0 radical (unpaired) electrons. The summed E-state index contributed by atoms with van der Waals surface area (Å²) in [6.45, 7) is 1.96. The van der Waals surface area contributed by atoms with Gasteiger partial charge in [0.1, 0.15) is 5.75 Å². The molecule has 2 rings (SSSR count). The number of hydrogen-bond acceptors (Lipinski definition) is 3. The molecule has 0 heterocycles. The molecule has 4 N–H and O–H groups in total. The molecule has 0 aliphatic heterocycles. The van der Waals surface area contributed by atoms with Gasteiger partial charge >= 0.3 is 0 Å². The third-order valence-electron chi connectivity index (χ3n) is 2.89. The summed E-state index contributed by atoms with van der Waals surface area (Å²) in [7, 11) is 0. The number of aliphatic hydroxyl groups is 1. The Morgan fingerprint density at radius 3 is 2.64 bits per heavy atom. The first-order valence-corrected chi connectivity index (χ1v) is 4.78. The van der Waals surface area contributed by atoms with Crippen molar-refractivity contribution in [1.82, 2.24) is 0 Å². The molecule has 1 aliphatic carbocycles. The second-order valence-electron chi connectivity index (χ2n) is 4.24. The van der Waals surface area contributed by atoms with E-state index >= 15 is 0 Å². The van der Waals surface area contributed by atoms with Crippen LogP contribution in [0.15, 0.2) is 18.2 Å². The SMILES string of the molecule is Cc1ccc(O)c(C2(N)CC(O)C2)c1. The van der Waals surface area contributed by atoms with Crippen molar-refractivity contribution in [3.63, 3.8) is 0 Å². The van der Waals surface area contributed by atoms with Gasteiger partial charge in [-0.15, -0.1) is 0 Å². The van der Waals surface area contributed by atoms with E-state index < -0.39 is 5.54 Å². The molecule has 0 bridgehead atoms. The lowest BCUT2D eigenvalue weighted by atomic mass is 9.70. The first kappa shape index (κ1) is 9.49. The van der Waals surface area contributed by atoms with Crippen LogP contribution in [0.4, 0.5) is 0 Å². The number of benzene rings is 1. The highest BCUT2D eigenvalue weighted by Crippen LogP contribution is 2.42. The van der Waals surface area contributed by atoms with Crippen LogP contribution in [0.5, 0.6) is 5.75 Å². The Morgan fingerprint density at radius 1 is 1.43 bits per heavy atom. The van der Waals surface area contributed by atoms with Gasteiger partial charge in [0.25, 0.3) is 0 Å². The molecule has 1 aromatic carbocycles. The largest absolute Gasteiger partial charge is 0.508 e. The van der Waals surface area contributed by atoms with Gasteiger partial charge in [-0.1, -0.05) is 17.7 Å². The molecular weight excluding hydrogens is 178 g/mol. The summed E-state index contributed by atoms with van der Waals surface area (Å²) in [6, 6.07) is 5.39. The second kappa shape index (κ2) is 2.97. The fourth-order valence-electron chi connectivity index (χ4n) is 2.05. The van der Waals surface area contributed by atoms with E-state index in [1.54, 1.807) is 6.07 Å². The van der Waals surface area contributed by atoms with Crippen LogP contribution in [0.3, 0.4) is 0 Å². The number of aryl methyl sites for hydroxylation is 1. The summed E-state index contributed by atoms with van der Waals surface area (Å²) in [5.74, 6) is 0.227. The fraction of sp³-hybridized carbons (Fsp3) is 0.455. The van der Waals surface area contributed by atoms with Crippen molar-refractivity contribution in [2.24, 2.45) is 5.73 Å². The smallest absolute Gasteiger partial charge is 0.120 e. The van der Waals surface area contributed by atoms with E-state index in [0.717, 1.165) is 11.1 Å². The Bertz CT molecular complexity index is 356. The van der Waals surface area contributed by atoms with Crippen molar-refractivity contribution in [2.75, 3.05) is 0 Å². The maximum absolute atomic E-state index is 9.66. The number of phenols is 1. The van der Waals surface area contributed by atoms with E-state index in [-0.39, 0.29) is 11.9 Å². The molecular formula is C11H15NO2. The third-order valence-corrected chi connectivity index (χ3v) is 2.89. The lowest BCUT2D eigenvalue weighted by Crippen LogP contribution is -2.51. The minimum atomic E-state index is -0.532. The van der Waals surface area contributed by atoms with Gasteiger partial charge < -0.3 is 15.9 Å². The van der Waals surface area contributed by atoms with Crippen LogP contribution in [0.25, 0.3) is 0 Å². The number of rotatable bonds is 1. The predicted octanol–water partition coefficient (Wildman–Crippen LogP) is 1.01. The summed E-state index contributed by atoms with van der Waals surface area (Å²) in [5.41, 5.74) is 7.36. The summed E-state index contributed by atoms with van der Waals surface area (Å²) >= 11 is 0. The standard InChI is InChI=1S/C11H15NO2/c1-7-2-3-10(14)9(4-7)11(12)5-8(13)6-11/h2-4,8,13-14H,5-6,12H2,1H3. The van der Waals surface area contributed by atoms with Gasteiger partial charge in [0.2, 0.25) is 0 Å². The van der Waals surface area contributed by atoms with E-state index in [9.17, 15) is 10.2 Å². The van der Waals surface area contributed by atoms with Crippen molar-refractivity contribution >= 4 is 0 Å². The third kappa shape index (κ3) is 1.38. The van der Waals surface area contributed by atoms with Crippen LogP contribution in [-0.2, 0) is 5.54 Å². The summed E-state index contributed by atoms with van der Waals surface area (Å²) in [5, 5.41) is 18.9. The maximum Gasteiger partial charge on any atom is 0.120 e. The quantitative estimate of drug-likeness (QED) is 0.623. The molecule has 1 aromatic rings. The number of nitrogens with two attached hydrogens (primary N) is 1. The van der Waals surface area contributed by atoms with Crippen LogP contribution in [0.2, 0.25) is 0 Å². The Kier molecular flexibility index (Phi) is 2.01. The zero-order valence-corrected chi connectivity index (χ0v) is 8.20. The normalized spacial score (nSPS) is 31.2. The van der Waals surface area contributed by atoms with Crippen molar-refractivity contribution < 1.29 is 10.2 Å². The lowest BCUT2D eigenvalue weighted by molar-refractivity contribution is 0.0199. The van der Waals surface area contributed by atoms with Crippen molar-refractivity contribution in [3.8, 4) is 5.75 Å². The van der Waals surface area contributed by atoms with Crippen LogP contribution in [0.1, 0.15) is 24.0 Å². The number of aromatic hydroxyl groups is 1. The molecule has 0 atom stereocenters. The molecule has 0 saturated heterocycles. The van der Waals surface area contributed by atoms with E-state index in [1.165, 1.54) is 0 Å². The summed E-state index contributed by atoms with van der Waals surface area (Å²) in [6.07, 6.45) is 0.744. The maximum atomic E-state index is 9.66. The average Bonchev–Trinajstić information content (AvgIpc) is 2.07. The topological polar surface area (TPSA) is 66.5 Å². The number of aliphatic hydroxyl groups excluding tert-OH is 1. The molecule has 3 heteroatoms. The van der Waals surface area contributed by atoms with Gasteiger partial charge in [-0.3, -0.25) is 0 Å². The van der Waals surface area contributed by atoms with E-state index in [0.29, 0.717) is 12.8 Å². The van der Waals surface area contributed by atoms with Crippen LogP contribution < -0.4 is 5.73 Å². The van der Waals surface area contributed by atoms with Crippen LogP contribution in [0, 0.1) is 6.92 Å². The summed E-state index contributed by atoms with van der Waals surface area (Å²) < 4.78 is 0. The highest BCUT2D eigenvalue weighted by molar-refractivity contribution is 5.42. The molecule has 0 spiro atoms. The van der Waals surface area contributed by atoms with Gasteiger partial charge in [-0.25, -0.2) is 0 Å². The zero-order chi connectivity index (χ0) is 10.3. The van der Waals surface area contributed by atoms with E-state index in [4.69, 9.17) is 5.73 Å². The minimum Gasteiger partial charge on any atom is -0.508 e. The molecule has 76 valence electrons. The Hall–Kier alpha value is -1.06. The van der Waals surface area contributed by atoms with Gasteiger partial charge in [-0.05, 0) is 25.8 Å². The Balaban J connectivity index is 2.36. The fourth-order valence-corrected chi connectivity index (χ4v) is 2.05. The molecule has 0 unspecified atom stereocenters. The lowest BCUT2D eigenvalue weighted by Gasteiger charge is -2.43. The first-order chi connectivity index (χ1) is 6.51. The Labute approximate surface area is 83.2 Å². The van der Waals surface area contributed by atoms with Gasteiger partial charge in [-0.2, -0.15) is 0 Å². The minimum absolute atomic E-state index is 0.227. The molecule has 0 aromatic heterocycles. The zero-order valence-electron chi connectivity index (χ0n) is 8.20. The molecule has 14 heavy (non-hydrogen) atoms. The molecule has 1 aliphatic rings. The van der Waals surface area contributed by atoms with Gasteiger partial charge in [0.15, 0.2) is 0 Å². The predicted molar refractivity (Wildman–Crippen MR) is 54.0 cm³/mol. The van der Waals surface area contributed by atoms with E-state index in [1.807, 2.05) is 19.1 Å². The molecule has 1 saturated carbocycles. The number of hydrogen-bond donors (Lipinski definition) is 3. The van der Waals surface area contributed by atoms with Crippen molar-refractivity contribution in [3.05, 3.63) is 29.3 Å². The highest BCUT2D eigenvalue weighted by Gasteiger charge is 2.42. The number of phenolic OH excluding ortho intramolecular Hbond substituents is 1. The van der Waals surface area contributed by atoms with Crippen molar-refractivity contribution in [2.45, 2.75) is 31.4 Å². The van der Waals surface area contributed by atoms with Crippen LogP contribution >= 0.6 is 0 Å². The highest BCUT2D eigenvalue weighted by atomic mass is 16.3. The van der Waals surface area contributed by atoms with E-state index in [2.05, 4.69) is 0 Å². The molecule has 1 fully saturated rings. The molecule has 3 nitrogen and oxygen atoms in total. The van der Waals surface area contributed by atoms with Gasteiger partial charge in [0.05, 0.1) is 6.10 Å². The van der Waals surface area contributed by atoms with Crippen molar-refractivity contribution in [1.29, 1.82) is 0 Å². The summed E-state index contributed by atoms with van der Waals surface area (Å²) in [4.78, 5) is 0. The second-order valence-corrected chi connectivity index (χ2v) is 4.24. The first-order valence-electron chi connectivity index (χ1n) is 4.78. The molecule has 0 amide bonds. The van der Waals surface area contributed by atoms with Crippen LogP contribution in [-0.4, -0.2) is 16.3 Å². The average molecular weight is 193 g/mol. The Morgan fingerprint density at radius 2 is 2.07 bits per heavy atom. The monoisotopic (exact) mass is 193 g/mol. The van der Waals surface area contributed by atoms with Gasteiger partial charge in [0, 0.05) is 11.1 Å².